The van der Waals surface area contributed by atoms with E-state index in [1.54, 1.807) is 14.2 Å². The highest BCUT2D eigenvalue weighted by molar-refractivity contribution is 5.74. The van der Waals surface area contributed by atoms with Crippen molar-refractivity contribution >= 4 is 5.97 Å². The Morgan fingerprint density at radius 2 is 2.06 bits per heavy atom. The summed E-state index contributed by atoms with van der Waals surface area (Å²) in [6.07, 6.45) is -0.0493. The summed E-state index contributed by atoms with van der Waals surface area (Å²) in [4.78, 5) is 11.5. The van der Waals surface area contributed by atoms with E-state index in [0.717, 1.165) is 5.56 Å². The number of carbonyl (C=O) groups is 1. The Morgan fingerprint density at radius 1 is 1.35 bits per heavy atom. The first-order valence-electron chi connectivity index (χ1n) is 5.52. The average Bonchev–Trinajstić information content (AvgIpc) is 2.68. The number of rotatable bonds is 4. The zero-order valence-corrected chi connectivity index (χ0v) is 10.0. The highest BCUT2D eigenvalue weighted by atomic mass is 16.6. The highest BCUT2D eigenvalue weighted by Gasteiger charge is 2.51. The largest absolute Gasteiger partial charge is 0.449 e. The summed E-state index contributed by atoms with van der Waals surface area (Å²) in [6.45, 7) is 0.293. The van der Waals surface area contributed by atoms with E-state index in [2.05, 4.69) is 0 Å². The molecule has 92 valence electrons. The number of hydrogen-bond acceptors (Lipinski definition) is 4. The van der Waals surface area contributed by atoms with Gasteiger partial charge in [-0.15, -0.1) is 0 Å². The minimum atomic E-state index is -0.818. The first-order chi connectivity index (χ1) is 8.23. The van der Waals surface area contributed by atoms with Crippen LogP contribution in [0.4, 0.5) is 0 Å². The maximum atomic E-state index is 11.5. The standard InChI is InChI=1S/C13H16O4/c1-15-9-13(10-6-4-3-5-7-10)11(16-2)8-12(14)17-13/h3-7,11H,8-9H2,1-2H3/t11-,13-/m1/s1. The summed E-state index contributed by atoms with van der Waals surface area (Å²) in [7, 11) is 3.17. The molecule has 1 fully saturated rings. The molecule has 0 bridgehead atoms. The molecule has 1 aliphatic heterocycles. The van der Waals surface area contributed by atoms with Gasteiger partial charge in [0.25, 0.3) is 0 Å². The van der Waals surface area contributed by atoms with Crippen LogP contribution in [-0.2, 0) is 24.6 Å². The minimum Gasteiger partial charge on any atom is -0.449 e. The second-order valence-electron chi connectivity index (χ2n) is 4.09. The van der Waals surface area contributed by atoms with E-state index in [-0.39, 0.29) is 18.5 Å². The molecule has 17 heavy (non-hydrogen) atoms. The van der Waals surface area contributed by atoms with Crippen LogP contribution < -0.4 is 0 Å². The summed E-state index contributed by atoms with van der Waals surface area (Å²) >= 11 is 0. The Bertz CT molecular complexity index is 390. The van der Waals surface area contributed by atoms with Gasteiger partial charge < -0.3 is 14.2 Å². The van der Waals surface area contributed by atoms with Crippen molar-refractivity contribution in [1.29, 1.82) is 0 Å². The van der Waals surface area contributed by atoms with E-state index in [9.17, 15) is 4.79 Å². The van der Waals surface area contributed by atoms with Crippen LogP contribution in [0.1, 0.15) is 12.0 Å². The summed E-state index contributed by atoms with van der Waals surface area (Å²) in [5.41, 5.74) is 0.0847. The first kappa shape index (κ1) is 12.1. The number of methoxy groups -OCH3 is 2. The van der Waals surface area contributed by atoms with E-state index in [1.165, 1.54) is 0 Å². The third-order valence-corrected chi connectivity index (χ3v) is 3.07. The van der Waals surface area contributed by atoms with Crippen molar-refractivity contribution in [2.75, 3.05) is 20.8 Å². The Morgan fingerprint density at radius 3 is 2.65 bits per heavy atom. The molecule has 1 saturated heterocycles. The fraction of sp³-hybridized carbons (Fsp3) is 0.462. The molecule has 0 N–H and O–H groups in total. The van der Waals surface area contributed by atoms with Gasteiger partial charge in [-0.3, -0.25) is 4.79 Å². The van der Waals surface area contributed by atoms with Crippen molar-refractivity contribution in [3.8, 4) is 0 Å². The van der Waals surface area contributed by atoms with E-state index in [1.807, 2.05) is 30.3 Å². The summed E-state index contributed by atoms with van der Waals surface area (Å²) in [5, 5.41) is 0. The molecule has 0 aliphatic carbocycles. The zero-order chi connectivity index (χ0) is 12.3. The molecular weight excluding hydrogens is 220 g/mol. The molecule has 0 spiro atoms. The van der Waals surface area contributed by atoms with Gasteiger partial charge in [0.1, 0.15) is 6.10 Å². The van der Waals surface area contributed by atoms with Gasteiger partial charge in [0, 0.05) is 19.8 Å². The molecule has 1 aromatic carbocycles. The maximum Gasteiger partial charge on any atom is 0.309 e. The molecule has 0 amide bonds. The highest BCUT2D eigenvalue weighted by Crippen LogP contribution is 2.38. The Labute approximate surface area is 100 Å². The molecular formula is C13H16O4. The van der Waals surface area contributed by atoms with Crippen LogP contribution in [0.15, 0.2) is 30.3 Å². The van der Waals surface area contributed by atoms with Gasteiger partial charge in [-0.2, -0.15) is 0 Å². The van der Waals surface area contributed by atoms with Crippen molar-refractivity contribution in [1.82, 2.24) is 0 Å². The second kappa shape index (κ2) is 4.85. The van der Waals surface area contributed by atoms with E-state index >= 15 is 0 Å². The van der Waals surface area contributed by atoms with Crippen LogP contribution in [-0.4, -0.2) is 32.9 Å². The Hall–Kier alpha value is -1.39. The molecule has 4 nitrogen and oxygen atoms in total. The average molecular weight is 236 g/mol. The molecule has 1 aliphatic rings. The van der Waals surface area contributed by atoms with Crippen LogP contribution in [0.25, 0.3) is 0 Å². The number of carbonyl (C=O) groups excluding carboxylic acids is 1. The third kappa shape index (κ3) is 2.06. The molecule has 2 atom stereocenters. The SMILES string of the molecule is COC[C@]1(c2ccccc2)OC(=O)C[C@H]1OC. The maximum absolute atomic E-state index is 11.5. The Kier molecular flexibility index (Phi) is 3.45. The lowest BCUT2D eigenvalue weighted by atomic mass is 9.89. The molecule has 0 aromatic heterocycles. The summed E-state index contributed by atoms with van der Waals surface area (Å²) in [5.74, 6) is -0.252. The Balaban J connectivity index is 2.42. The smallest absolute Gasteiger partial charge is 0.309 e. The number of cyclic esters (lactones) is 1. The first-order valence-corrected chi connectivity index (χ1v) is 5.52. The zero-order valence-electron chi connectivity index (χ0n) is 10.0. The number of hydrogen-bond donors (Lipinski definition) is 0. The van der Waals surface area contributed by atoms with Gasteiger partial charge in [-0.25, -0.2) is 0 Å². The fourth-order valence-electron chi connectivity index (χ4n) is 2.29. The third-order valence-electron chi connectivity index (χ3n) is 3.07. The van der Waals surface area contributed by atoms with E-state index < -0.39 is 5.60 Å². The van der Waals surface area contributed by atoms with Crippen LogP contribution >= 0.6 is 0 Å². The molecule has 4 heteroatoms. The van der Waals surface area contributed by atoms with Gasteiger partial charge in [-0.05, 0) is 0 Å². The summed E-state index contributed by atoms with van der Waals surface area (Å²) < 4.78 is 16.1. The molecule has 0 saturated carbocycles. The van der Waals surface area contributed by atoms with Gasteiger partial charge in [0.15, 0.2) is 5.60 Å². The topological polar surface area (TPSA) is 44.8 Å². The van der Waals surface area contributed by atoms with Gasteiger partial charge in [-0.1, -0.05) is 30.3 Å². The monoisotopic (exact) mass is 236 g/mol. The van der Waals surface area contributed by atoms with E-state index in [0.29, 0.717) is 6.61 Å². The predicted molar refractivity (Wildman–Crippen MR) is 61.5 cm³/mol. The van der Waals surface area contributed by atoms with Crippen molar-refractivity contribution in [2.45, 2.75) is 18.1 Å². The van der Waals surface area contributed by atoms with Crippen LogP contribution in [0.2, 0.25) is 0 Å². The molecule has 1 heterocycles. The minimum absolute atomic E-state index is 0.252. The van der Waals surface area contributed by atoms with Crippen LogP contribution in [0.5, 0.6) is 0 Å². The van der Waals surface area contributed by atoms with Crippen LogP contribution in [0.3, 0.4) is 0 Å². The lowest BCUT2D eigenvalue weighted by molar-refractivity contribution is -0.160. The molecule has 0 radical (unpaired) electrons. The predicted octanol–water partition coefficient (Wildman–Crippen LogP) is 1.49. The van der Waals surface area contributed by atoms with Crippen molar-refractivity contribution < 1.29 is 19.0 Å². The molecule has 2 rings (SSSR count). The fourth-order valence-corrected chi connectivity index (χ4v) is 2.29. The number of benzene rings is 1. The van der Waals surface area contributed by atoms with Crippen molar-refractivity contribution in [2.24, 2.45) is 0 Å². The van der Waals surface area contributed by atoms with Crippen LogP contribution in [0, 0.1) is 0 Å². The van der Waals surface area contributed by atoms with Gasteiger partial charge >= 0.3 is 5.97 Å². The van der Waals surface area contributed by atoms with Crippen molar-refractivity contribution in [3.63, 3.8) is 0 Å². The normalized spacial score (nSPS) is 28.1. The molecule has 0 unspecified atom stereocenters. The molecule has 1 aromatic rings. The second-order valence-corrected chi connectivity index (χ2v) is 4.09. The lowest BCUT2D eigenvalue weighted by Gasteiger charge is -2.32. The summed E-state index contributed by atoms with van der Waals surface area (Å²) in [6, 6.07) is 9.58. The van der Waals surface area contributed by atoms with Gasteiger partial charge in [0.2, 0.25) is 0 Å². The number of ether oxygens (including phenoxy) is 3. The lowest BCUT2D eigenvalue weighted by Crippen LogP contribution is -2.41. The van der Waals surface area contributed by atoms with Crippen molar-refractivity contribution in [3.05, 3.63) is 35.9 Å². The number of esters is 1. The quantitative estimate of drug-likeness (QED) is 0.743. The van der Waals surface area contributed by atoms with E-state index in [4.69, 9.17) is 14.2 Å². The van der Waals surface area contributed by atoms with Gasteiger partial charge in [0.05, 0.1) is 13.0 Å².